The maximum atomic E-state index is 5.47. The van der Waals surface area contributed by atoms with E-state index in [9.17, 15) is 0 Å². The van der Waals surface area contributed by atoms with Crippen molar-refractivity contribution in [1.29, 1.82) is 0 Å². The van der Waals surface area contributed by atoms with E-state index in [2.05, 4.69) is 28.0 Å². The molecule has 0 aliphatic carbocycles. The number of nitrogens with zero attached hydrogens (tertiary/aromatic N) is 2. The largest absolute Gasteiger partial charge is 0.381 e. The fourth-order valence-corrected chi connectivity index (χ4v) is 2.13. The molecule has 1 atom stereocenters. The lowest BCUT2D eigenvalue weighted by atomic mass is 10.0. The fourth-order valence-electron chi connectivity index (χ4n) is 2.13. The van der Waals surface area contributed by atoms with E-state index in [1.54, 1.807) is 0 Å². The fraction of sp³-hybridized carbons (Fsp3) is 0.750. The normalized spacial score (nSPS) is 21.0. The molecule has 1 unspecified atom stereocenters. The zero-order chi connectivity index (χ0) is 11.4. The Labute approximate surface area is 97.0 Å². The molecular weight excluding hydrogens is 202 g/mol. The van der Waals surface area contributed by atoms with Crippen molar-refractivity contribution in [2.45, 2.75) is 33.2 Å². The maximum Gasteiger partial charge on any atom is 0.203 e. The molecule has 0 amide bonds. The second-order valence-electron chi connectivity index (χ2n) is 4.46. The topological polar surface area (TPSA) is 39.1 Å². The molecule has 1 saturated heterocycles. The molecule has 0 radical (unpaired) electrons. The van der Waals surface area contributed by atoms with Crippen LogP contribution in [0.4, 0.5) is 5.95 Å². The van der Waals surface area contributed by atoms with Crippen LogP contribution < -0.4 is 5.32 Å². The van der Waals surface area contributed by atoms with Crippen molar-refractivity contribution in [3.05, 3.63) is 11.9 Å². The van der Waals surface area contributed by atoms with Gasteiger partial charge in [0.25, 0.3) is 0 Å². The summed E-state index contributed by atoms with van der Waals surface area (Å²) in [5, 5.41) is 3.43. The van der Waals surface area contributed by atoms with Crippen molar-refractivity contribution >= 4 is 5.95 Å². The Morgan fingerprint density at radius 2 is 2.50 bits per heavy atom. The van der Waals surface area contributed by atoms with E-state index < -0.39 is 0 Å². The molecule has 1 aliphatic rings. The molecule has 0 aromatic carbocycles. The summed E-state index contributed by atoms with van der Waals surface area (Å²) in [6.07, 6.45) is 4.53. The van der Waals surface area contributed by atoms with Gasteiger partial charge in [-0.1, -0.05) is 0 Å². The second-order valence-corrected chi connectivity index (χ2v) is 4.46. The van der Waals surface area contributed by atoms with Crippen molar-refractivity contribution in [1.82, 2.24) is 9.55 Å². The lowest BCUT2D eigenvalue weighted by molar-refractivity contribution is 0.0594. The lowest BCUT2D eigenvalue weighted by Crippen LogP contribution is -2.25. The lowest BCUT2D eigenvalue weighted by Gasteiger charge is -2.22. The van der Waals surface area contributed by atoms with Gasteiger partial charge < -0.3 is 14.6 Å². The predicted octanol–water partition coefficient (Wildman–Crippen LogP) is 2.05. The van der Waals surface area contributed by atoms with E-state index in [1.807, 2.05) is 6.92 Å². The summed E-state index contributed by atoms with van der Waals surface area (Å²) < 4.78 is 7.62. The van der Waals surface area contributed by atoms with Crippen LogP contribution in [0, 0.1) is 12.8 Å². The number of imidazole rings is 1. The first-order valence-electron chi connectivity index (χ1n) is 6.15. The van der Waals surface area contributed by atoms with Gasteiger partial charge in [-0.25, -0.2) is 4.98 Å². The van der Waals surface area contributed by atoms with Gasteiger partial charge in [0.1, 0.15) is 0 Å². The van der Waals surface area contributed by atoms with Crippen LogP contribution in [0.25, 0.3) is 0 Å². The van der Waals surface area contributed by atoms with Gasteiger partial charge in [-0.3, -0.25) is 0 Å². The average molecular weight is 223 g/mol. The zero-order valence-electron chi connectivity index (χ0n) is 10.2. The number of aryl methyl sites for hydroxylation is 2. The van der Waals surface area contributed by atoms with Crippen molar-refractivity contribution in [2.75, 3.05) is 25.1 Å². The van der Waals surface area contributed by atoms with Crippen molar-refractivity contribution in [2.24, 2.45) is 5.92 Å². The predicted molar refractivity (Wildman–Crippen MR) is 64.7 cm³/mol. The van der Waals surface area contributed by atoms with Crippen LogP contribution in [0.5, 0.6) is 0 Å². The summed E-state index contributed by atoms with van der Waals surface area (Å²) in [7, 11) is 0. The Hall–Kier alpha value is -1.03. The van der Waals surface area contributed by atoms with Crippen LogP contribution in [0.1, 0.15) is 25.5 Å². The van der Waals surface area contributed by atoms with Crippen LogP contribution in [0.3, 0.4) is 0 Å². The molecule has 90 valence electrons. The molecule has 1 fully saturated rings. The molecular formula is C12H21N3O. The Morgan fingerprint density at radius 3 is 3.19 bits per heavy atom. The van der Waals surface area contributed by atoms with Gasteiger partial charge in [-0.15, -0.1) is 0 Å². The second kappa shape index (κ2) is 5.34. The van der Waals surface area contributed by atoms with E-state index in [1.165, 1.54) is 12.8 Å². The third kappa shape index (κ3) is 2.76. The molecule has 0 spiro atoms. The van der Waals surface area contributed by atoms with Gasteiger partial charge in [0.2, 0.25) is 5.95 Å². The van der Waals surface area contributed by atoms with E-state index in [0.29, 0.717) is 5.92 Å². The number of ether oxygens (including phenoxy) is 1. The number of rotatable bonds is 4. The van der Waals surface area contributed by atoms with Crippen molar-refractivity contribution < 1.29 is 4.74 Å². The quantitative estimate of drug-likeness (QED) is 0.849. The smallest absolute Gasteiger partial charge is 0.203 e. The van der Waals surface area contributed by atoms with E-state index in [-0.39, 0.29) is 0 Å². The Kier molecular flexibility index (Phi) is 3.83. The monoisotopic (exact) mass is 223 g/mol. The average Bonchev–Trinajstić information content (AvgIpc) is 2.68. The SMILES string of the molecule is CCn1cc(C)nc1NCC1CCCOC1. The summed E-state index contributed by atoms with van der Waals surface area (Å²) in [6.45, 7) is 7.91. The first kappa shape index (κ1) is 11.5. The van der Waals surface area contributed by atoms with Gasteiger partial charge in [0.05, 0.1) is 12.3 Å². The standard InChI is InChI=1S/C12H21N3O/c1-3-15-8-10(2)14-12(15)13-7-11-5-4-6-16-9-11/h8,11H,3-7,9H2,1-2H3,(H,13,14). The highest BCUT2D eigenvalue weighted by molar-refractivity contribution is 5.28. The number of hydrogen-bond donors (Lipinski definition) is 1. The first-order valence-corrected chi connectivity index (χ1v) is 6.15. The third-order valence-corrected chi connectivity index (χ3v) is 3.04. The molecule has 0 saturated carbocycles. The van der Waals surface area contributed by atoms with Gasteiger partial charge >= 0.3 is 0 Å². The summed E-state index contributed by atoms with van der Waals surface area (Å²) >= 11 is 0. The van der Waals surface area contributed by atoms with E-state index in [0.717, 1.165) is 37.9 Å². The minimum Gasteiger partial charge on any atom is -0.381 e. The molecule has 0 bridgehead atoms. The van der Waals surface area contributed by atoms with Crippen LogP contribution in [0.15, 0.2) is 6.20 Å². The van der Waals surface area contributed by atoms with E-state index >= 15 is 0 Å². The van der Waals surface area contributed by atoms with Gasteiger partial charge in [-0.05, 0) is 32.6 Å². The molecule has 16 heavy (non-hydrogen) atoms. The van der Waals surface area contributed by atoms with Crippen LogP contribution in [0.2, 0.25) is 0 Å². The molecule has 1 N–H and O–H groups in total. The first-order chi connectivity index (χ1) is 7.79. The van der Waals surface area contributed by atoms with Gasteiger partial charge in [0.15, 0.2) is 0 Å². The van der Waals surface area contributed by atoms with Gasteiger partial charge in [-0.2, -0.15) is 0 Å². The highest BCUT2D eigenvalue weighted by atomic mass is 16.5. The molecule has 1 aliphatic heterocycles. The van der Waals surface area contributed by atoms with Gasteiger partial charge in [0, 0.05) is 25.9 Å². The molecule has 4 nitrogen and oxygen atoms in total. The molecule has 1 aromatic rings. The number of aromatic nitrogens is 2. The minimum absolute atomic E-state index is 0.635. The molecule has 1 aromatic heterocycles. The molecule has 4 heteroatoms. The number of nitrogens with one attached hydrogen (secondary N) is 1. The molecule has 2 heterocycles. The van der Waals surface area contributed by atoms with Crippen LogP contribution in [-0.4, -0.2) is 29.3 Å². The zero-order valence-corrected chi connectivity index (χ0v) is 10.2. The number of hydrogen-bond acceptors (Lipinski definition) is 3. The minimum atomic E-state index is 0.635. The third-order valence-electron chi connectivity index (χ3n) is 3.04. The summed E-state index contributed by atoms with van der Waals surface area (Å²) in [4.78, 5) is 4.48. The van der Waals surface area contributed by atoms with Crippen molar-refractivity contribution in [3.63, 3.8) is 0 Å². The summed E-state index contributed by atoms with van der Waals surface area (Å²) in [5.74, 6) is 1.63. The summed E-state index contributed by atoms with van der Waals surface area (Å²) in [6, 6.07) is 0. The molecule has 2 rings (SSSR count). The van der Waals surface area contributed by atoms with Crippen molar-refractivity contribution in [3.8, 4) is 0 Å². The van der Waals surface area contributed by atoms with Crippen LogP contribution >= 0.6 is 0 Å². The Bertz CT molecular complexity index is 329. The van der Waals surface area contributed by atoms with Crippen LogP contribution in [-0.2, 0) is 11.3 Å². The Balaban J connectivity index is 1.87. The summed E-state index contributed by atoms with van der Waals surface area (Å²) in [5.41, 5.74) is 1.07. The van der Waals surface area contributed by atoms with E-state index in [4.69, 9.17) is 4.74 Å². The Morgan fingerprint density at radius 1 is 1.62 bits per heavy atom. The maximum absolute atomic E-state index is 5.47. The highest BCUT2D eigenvalue weighted by Gasteiger charge is 2.14. The number of anilines is 1. The highest BCUT2D eigenvalue weighted by Crippen LogP contribution is 2.15.